The molecule has 11 heteroatoms. The van der Waals surface area contributed by atoms with Crippen LogP contribution in [0.4, 0.5) is 14.5 Å². The summed E-state index contributed by atoms with van der Waals surface area (Å²) < 4.78 is 61.1. The zero-order chi connectivity index (χ0) is 23.5. The Morgan fingerprint density at radius 1 is 1.19 bits per heavy atom. The molecule has 0 spiro atoms. The first-order chi connectivity index (χ1) is 15.1. The molecule has 0 aliphatic carbocycles. The van der Waals surface area contributed by atoms with Crippen LogP contribution in [0.5, 0.6) is 0 Å². The standard InChI is InChI=1S/C21H21BrF2N2O5S/c1-2-31-21(28)13-4-3-9-26(12-13)32(29,30)15-6-7-17(23)16(11-15)20(27)25-19-8-5-14(22)10-18(19)24/h5-8,10-11,13H,2-4,9,12H2,1H3,(H,25,27)/t13-/m1/s1. The van der Waals surface area contributed by atoms with Crippen molar-refractivity contribution >= 4 is 43.5 Å². The Kier molecular flexibility index (Phi) is 7.63. The van der Waals surface area contributed by atoms with Gasteiger partial charge < -0.3 is 10.1 Å². The lowest BCUT2D eigenvalue weighted by Crippen LogP contribution is -2.42. The summed E-state index contributed by atoms with van der Waals surface area (Å²) in [4.78, 5) is 24.3. The number of hydrogen-bond donors (Lipinski definition) is 1. The van der Waals surface area contributed by atoms with Crippen molar-refractivity contribution in [3.8, 4) is 0 Å². The average molecular weight is 531 g/mol. The van der Waals surface area contributed by atoms with Crippen LogP contribution in [0.15, 0.2) is 45.8 Å². The van der Waals surface area contributed by atoms with E-state index >= 15 is 0 Å². The molecule has 0 saturated carbocycles. The fraction of sp³-hybridized carbons (Fsp3) is 0.333. The number of hydrogen-bond acceptors (Lipinski definition) is 5. The number of ether oxygens (including phenoxy) is 1. The molecule has 0 radical (unpaired) electrons. The molecule has 1 aliphatic rings. The lowest BCUT2D eigenvalue weighted by molar-refractivity contribution is -0.149. The van der Waals surface area contributed by atoms with E-state index < -0.39 is 45.0 Å². The summed E-state index contributed by atoms with van der Waals surface area (Å²) in [5, 5.41) is 2.24. The molecule has 2 aromatic carbocycles. The highest BCUT2D eigenvalue weighted by Crippen LogP contribution is 2.26. The number of carbonyl (C=O) groups is 2. The second kappa shape index (κ2) is 10.1. The van der Waals surface area contributed by atoms with Gasteiger partial charge in [-0.2, -0.15) is 4.31 Å². The number of amides is 1. The maximum atomic E-state index is 14.3. The van der Waals surface area contributed by atoms with Crippen molar-refractivity contribution in [2.75, 3.05) is 25.0 Å². The number of nitrogens with one attached hydrogen (secondary N) is 1. The summed E-state index contributed by atoms with van der Waals surface area (Å²) in [5.41, 5.74) is -0.730. The number of rotatable bonds is 6. The third kappa shape index (κ3) is 5.33. The Bertz CT molecular complexity index is 1140. The molecular weight excluding hydrogens is 510 g/mol. The molecule has 0 bridgehead atoms. The Balaban J connectivity index is 1.85. The molecule has 2 aromatic rings. The molecule has 1 atom stereocenters. The minimum Gasteiger partial charge on any atom is -0.466 e. The normalized spacial score (nSPS) is 17.1. The zero-order valence-corrected chi connectivity index (χ0v) is 19.5. The number of esters is 1. The third-order valence-electron chi connectivity index (χ3n) is 5.00. The van der Waals surface area contributed by atoms with Gasteiger partial charge in [0.25, 0.3) is 5.91 Å². The lowest BCUT2D eigenvalue weighted by Gasteiger charge is -2.30. The van der Waals surface area contributed by atoms with Crippen LogP contribution in [0, 0.1) is 17.6 Å². The van der Waals surface area contributed by atoms with Crippen molar-refractivity contribution < 1.29 is 31.5 Å². The smallest absolute Gasteiger partial charge is 0.310 e. The van der Waals surface area contributed by atoms with E-state index in [-0.39, 0.29) is 30.3 Å². The number of carbonyl (C=O) groups excluding carboxylic acids is 2. The summed E-state index contributed by atoms with van der Waals surface area (Å²) >= 11 is 3.10. The Labute approximate surface area is 192 Å². The number of benzene rings is 2. The topological polar surface area (TPSA) is 92.8 Å². The first kappa shape index (κ1) is 24.3. The summed E-state index contributed by atoms with van der Waals surface area (Å²) in [5.74, 6) is -3.76. The van der Waals surface area contributed by atoms with Crippen molar-refractivity contribution in [1.29, 1.82) is 0 Å². The molecule has 1 N–H and O–H groups in total. The third-order valence-corrected chi connectivity index (χ3v) is 7.36. The first-order valence-electron chi connectivity index (χ1n) is 9.86. The van der Waals surface area contributed by atoms with E-state index in [4.69, 9.17) is 4.74 Å². The second-order valence-electron chi connectivity index (χ2n) is 7.17. The molecule has 1 fully saturated rings. The number of nitrogens with zero attached hydrogens (tertiary/aromatic N) is 1. The fourth-order valence-corrected chi connectivity index (χ4v) is 5.27. The van der Waals surface area contributed by atoms with Crippen LogP contribution < -0.4 is 5.32 Å². The van der Waals surface area contributed by atoms with Crippen molar-refractivity contribution in [1.82, 2.24) is 4.31 Å². The molecule has 1 amide bonds. The highest BCUT2D eigenvalue weighted by molar-refractivity contribution is 9.10. The van der Waals surface area contributed by atoms with Crippen molar-refractivity contribution in [2.24, 2.45) is 5.92 Å². The van der Waals surface area contributed by atoms with Gasteiger partial charge >= 0.3 is 5.97 Å². The molecule has 0 unspecified atom stereocenters. The molecule has 7 nitrogen and oxygen atoms in total. The van der Waals surface area contributed by atoms with Crippen LogP contribution in [-0.4, -0.2) is 44.3 Å². The predicted molar refractivity (Wildman–Crippen MR) is 117 cm³/mol. The largest absolute Gasteiger partial charge is 0.466 e. The second-order valence-corrected chi connectivity index (χ2v) is 10.0. The Morgan fingerprint density at radius 3 is 2.62 bits per heavy atom. The van der Waals surface area contributed by atoms with Crippen molar-refractivity contribution in [2.45, 2.75) is 24.7 Å². The van der Waals surface area contributed by atoms with Gasteiger partial charge in [-0.3, -0.25) is 9.59 Å². The van der Waals surface area contributed by atoms with Gasteiger partial charge in [0.05, 0.1) is 28.7 Å². The van der Waals surface area contributed by atoms with Gasteiger partial charge in [0.15, 0.2) is 0 Å². The number of piperidine rings is 1. The maximum Gasteiger partial charge on any atom is 0.310 e. The molecular formula is C21H21BrF2N2O5S. The van der Waals surface area contributed by atoms with E-state index in [1.165, 1.54) is 12.1 Å². The summed E-state index contributed by atoms with van der Waals surface area (Å²) in [6.07, 6.45) is 0.959. The number of anilines is 1. The van der Waals surface area contributed by atoms with Crippen LogP contribution in [-0.2, 0) is 19.6 Å². The molecule has 32 heavy (non-hydrogen) atoms. The van der Waals surface area contributed by atoms with Gasteiger partial charge in [-0.1, -0.05) is 15.9 Å². The van der Waals surface area contributed by atoms with E-state index in [0.717, 1.165) is 28.6 Å². The van der Waals surface area contributed by atoms with Gasteiger partial charge in [0, 0.05) is 17.6 Å². The molecule has 1 heterocycles. The van der Waals surface area contributed by atoms with Crippen LogP contribution in [0.1, 0.15) is 30.1 Å². The molecule has 3 rings (SSSR count). The number of sulfonamides is 1. The van der Waals surface area contributed by atoms with E-state index in [2.05, 4.69) is 21.2 Å². The fourth-order valence-electron chi connectivity index (χ4n) is 3.38. The summed E-state index contributed by atoms with van der Waals surface area (Å²) in [6, 6.07) is 6.74. The van der Waals surface area contributed by atoms with E-state index in [9.17, 15) is 26.8 Å². The maximum absolute atomic E-state index is 14.3. The van der Waals surface area contributed by atoms with Crippen LogP contribution in [0.3, 0.4) is 0 Å². The van der Waals surface area contributed by atoms with Gasteiger partial charge in [-0.25, -0.2) is 17.2 Å². The Morgan fingerprint density at radius 2 is 1.94 bits per heavy atom. The van der Waals surface area contributed by atoms with Crippen LogP contribution >= 0.6 is 15.9 Å². The van der Waals surface area contributed by atoms with Crippen molar-refractivity contribution in [3.05, 3.63) is 58.1 Å². The van der Waals surface area contributed by atoms with Gasteiger partial charge in [-0.05, 0) is 56.2 Å². The van der Waals surface area contributed by atoms with Gasteiger partial charge in [0.1, 0.15) is 11.6 Å². The zero-order valence-electron chi connectivity index (χ0n) is 17.1. The minimum atomic E-state index is -4.10. The van der Waals surface area contributed by atoms with Crippen LogP contribution in [0.25, 0.3) is 0 Å². The minimum absolute atomic E-state index is 0.0653. The van der Waals surface area contributed by atoms with Crippen LogP contribution in [0.2, 0.25) is 0 Å². The molecule has 172 valence electrons. The summed E-state index contributed by atoms with van der Waals surface area (Å²) in [7, 11) is -4.10. The van der Waals surface area contributed by atoms with E-state index in [1.54, 1.807) is 6.92 Å². The molecule has 1 saturated heterocycles. The monoisotopic (exact) mass is 530 g/mol. The summed E-state index contributed by atoms with van der Waals surface area (Å²) in [6.45, 7) is 1.98. The SMILES string of the molecule is CCOC(=O)[C@@H]1CCCN(S(=O)(=O)c2ccc(F)c(C(=O)Nc3ccc(Br)cc3F)c2)C1. The molecule has 0 aromatic heterocycles. The van der Waals surface area contributed by atoms with Crippen molar-refractivity contribution in [3.63, 3.8) is 0 Å². The highest BCUT2D eigenvalue weighted by Gasteiger charge is 2.34. The number of halogens is 3. The van der Waals surface area contributed by atoms with E-state index in [0.29, 0.717) is 17.3 Å². The van der Waals surface area contributed by atoms with Gasteiger partial charge in [-0.15, -0.1) is 0 Å². The van der Waals surface area contributed by atoms with Gasteiger partial charge in [0.2, 0.25) is 10.0 Å². The highest BCUT2D eigenvalue weighted by atomic mass is 79.9. The van der Waals surface area contributed by atoms with E-state index in [1.807, 2.05) is 0 Å². The quantitative estimate of drug-likeness (QED) is 0.571. The molecule has 1 aliphatic heterocycles. The first-order valence-corrected chi connectivity index (χ1v) is 12.1. The lowest BCUT2D eigenvalue weighted by atomic mass is 10.0. The Hall–Kier alpha value is -2.37. The average Bonchev–Trinajstić information content (AvgIpc) is 2.76. The predicted octanol–water partition coefficient (Wildman–Crippen LogP) is 3.94.